The normalized spacial score (nSPS) is 11.0. The van der Waals surface area contributed by atoms with Crippen LogP contribution in [0, 0.1) is 18.8 Å². The number of nitrogens with zero attached hydrogens (tertiary/aromatic N) is 2. The van der Waals surface area contributed by atoms with Crippen molar-refractivity contribution in [2.24, 2.45) is 0 Å². The van der Waals surface area contributed by atoms with Crippen LogP contribution in [0.15, 0.2) is 53.1 Å². The highest BCUT2D eigenvalue weighted by molar-refractivity contribution is 5.68. The molecule has 0 spiro atoms. The van der Waals surface area contributed by atoms with Crippen LogP contribution < -0.4 is 0 Å². The number of halogens is 3. The summed E-state index contributed by atoms with van der Waals surface area (Å²) >= 11 is 0. The molecule has 0 N–H and O–H groups in total. The average molecular weight is 328 g/mol. The lowest BCUT2D eigenvalue weighted by Gasteiger charge is -2.04. The van der Waals surface area contributed by atoms with Gasteiger partial charge in [-0.15, -0.1) is 0 Å². The van der Waals surface area contributed by atoms with Crippen molar-refractivity contribution in [3.63, 3.8) is 0 Å². The first kappa shape index (κ1) is 15.8. The van der Waals surface area contributed by atoms with Gasteiger partial charge >= 0.3 is 6.18 Å². The third kappa shape index (κ3) is 3.30. The van der Waals surface area contributed by atoms with Crippen molar-refractivity contribution < 1.29 is 17.7 Å². The van der Waals surface area contributed by atoms with Crippen LogP contribution in [0.1, 0.15) is 22.7 Å². The van der Waals surface area contributed by atoms with Crippen molar-refractivity contribution in [1.82, 2.24) is 10.1 Å². The summed E-state index contributed by atoms with van der Waals surface area (Å²) < 4.78 is 43.2. The first-order valence-corrected chi connectivity index (χ1v) is 7.03. The molecule has 0 saturated heterocycles. The lowest BCUT2D eigenvalue weighted by Crippen LogP contribution is -2.08. The van der Waals surface area contributed by atoms with E-state index in [1.54, 1.807) is 6.92 Å². The summed E-state index contributed by atoms with van der Waals surface area (Å²) in [6.45, 7) is 1.70. The molecule has 120 valence electrons. The number of hydrogen-bond acceptors (Lipinski definition) is 3. The smallest absolute Gasteiger partial charge is 0.360 e. The Morgan fingerprint density at radius 3 is 2.42 bits per heavy atom. The fraction of sp³-hybridized carbons (Fsp3) is 0.111. The van der Waals surface area contributed by atoms with E-state index in [0.717, 1.165) is 11.6 Å². The van der Waals surface area contributed by atoms with Gasteiger partial charge in [-0.2, -0.15) is 13.2 Å². The molecular formula is C18H11F3N2O. The highest BCUT2D eigenvalue weighted by Gasteiger charge is 2.32. The zero-order valence-corrected chi connectivity index (χ0v) is 12.6. The van der Waals surface area contributed by atoms with Crippen LogP contribution in [-0.4, -0.2) is 10.1 Å². The molecule has 0 aliphatic carbocycles. The van der Waals surface area contributed by atoms with E-state index in [0.29, 0.717) is 17.0 Å². The largest absolute Gasteiger partial charge is 0.433 e. The van der Waals surface area contributed by atoms with E-state index >= 15 is 0 Å². The topological polar surface area (TPSA) is 38.9 Å². The Balaban J connectivity index is 2.00. The van der Waals surface area contributed by atoms with E-state index in [1.165, 1.54) is 12.1 Å². The predicted molar refractivity (Wildman–Crippen MR) is 81.9 cm³/mol. The quantitative estimate of drug-likeness (QED) is 0.619. The van der Waals surface area contributed by atoms with Crippen molar-refractivity contribution in [3.05, 3.63) is 71.2 Å². The van der Waals surface area contributed by atoms with E-state index in [9.17, 15) is 13.2 Å². The number of pyridine rings is 1. The predicted octanol–water partition coefficient (Wildman–Crippen LogP) is 4.46. The monoisotopic (exact) mass is 328 g/mol. The van der Waals surface area contributed by atoms with Crippen molar-refractivity contribution in [3.8, 4) is 23.1 Å². The summed E-state index contributed by atoms with van der Waals surface area (Å²) in [6, 6.07) is 12.9. The maximum Gasteiger partial charge on any atom is 0.433 e. The summed E-state index contributed by atoms with van der Waals surface area (Å²) in [6.07, 6.45) is -4.50. The third-order valence-electron chi connectivity index (χ3n) is 3.27. The Morgan fingerprint density at radius 1 is 0.958 bits per heavy atom. The second kappa shape index (κ2) is 6.20. The molecule has 0 aliphatic rings. The lowest BCUT2D eigenvalue weighted by molar-refractivity contribution is -0.141. The number of aromatic nitrogens is 2. The summed E-state index contributed by atoms with van der Waals surface area (Å²) in [5.74, 6) is 5.96. The van der Waals surface area contributed by atoms with Crippen LogP contribution in [0.2, 0.25) is 0 Å². The van der Waals surface area contributed by atoms with Gasteiger partial charge in [0.05, 0.1) is 5.56 Å². The molecule has 2 heterocycles. The van der Waals surface area contributed by atoms with Gasteiger partial charge in [0.2, 0.25) is 0 Å². The van der Waals surface area contributed by atoms with Crippen LogP contribution >= 0.6 is 0 Å². The molecule has 2 aromatic heterocycles. The number of hydrogen-bond donors (Lipinski definition) is 0. The van der Waals surface area contributed by atoms with E-state index in [-0.39, 0.29) is 5.69 Å². The molecule has 3 aromatic rings. The molecule has 0 saturated carbocycles. The fourth-order valence-electron chi connectivity index (χ4n) is 2.10. The first-order valence-electron chi connectivity index (χ1n) is 7.03. The van der Waals surface area contributed by atoms with E-state index in [1.807, 2.05) is 30.3 Å². The zero-order valence-electron chi connectivity index (χ0n) is 12.6. The maximum atomic E-state index is 12.7. The van der Waals surface area contributed by atoms with E-state index in [2.05, 4.69) is 22.0 Å². The van der Waals surface area contributed by atoms with Gasteiger partial charge in [0.1, 0.15) is 22.8 Å². The number of alkyl halides is 3. The van der Waals surface area contributed by atoms with Crippen LogP contribution in [-0.2, 0) is 6.18 Å². The molecule has 3 nitrogen and oxygen atoms in total. The summed E-state index contributed by atoms with van der Waals surface area (Å²) in [5.41, 5.74) is 0.952. The molecule has 3 rings (SSSR count). The molecule has 0 radical (unpaired) electrons. The zero-order chi connectivity index (χ0) is 17.2. The van der Waals surface area contributed by atoms with Gasteiger partial charge in [-0.25, -0.2) is 4.98 Å². The molecular weight excluding hydrogens is 317 g/mol. The van der Waals surface area contributed by atoms with Crippen molar-refractivity contribution in [2.75, 3.05) is 0 Å². The summed E-state index contributed by atoms with van der Waals surface area (Å²) in [5, 5.41) is 3.98. The molecule has 0 bridgehead atoms. The standard InChI is InChI=1S/C18H11F3N2O/c1-12-15(17(23-24-12)13-6-3-2-4-7-13)11-10-14-8-5-9-16(22-14)18(19,20)21/h2-9H,1H3. The molecule has 1 aromatic carbocycles. The van der Waals surface area contributed by atoms with Gasteiger partial charge in [-0.1, -0.05) is 47.5 Å². The molecule has 0 amide bonds. The Bertz CT molecular complexity index is 919. The lowest BCUT2D eigenvalue weighted by atomic mass is 10.1. The van der Waals surface area contributed by atoms with Crippen LogP contribution in [0.25, 0.3) is 11.3 Å². The highest BCUT2D eigenvalue weighted by atomic mass is 19.4. The van der Waals surface area contributed by atoms with Crippen molar-refractivity contribution in [1.29, 1.82) is 0 Å². The Kier molecular flexibility index (Phi) is 4.09. The van der Waals surface area contributed by atoms with Gasteiger partial charge in [0.15, 0.2) is 0 Å². The second-order valence-electron chi connectivity index (χ2n) is 4.98. The molecule has 0 unspecified atom stereocenters. The number of rotatable bonds is 1. The molecule has 24 heavy (non-hydrogen) atoms. The molecule has 0 atom stereocenters. The van der Waals surface area contributed by atoms with Gasteiger partial charge in [0, 0.05) is 5.56 Å². The van der Waals surface area contributed by atoms with Gasteiger partial charge in [0.25, 0.3) is 0 Å². The van der Waals surface area contributed by atoms with Crippen LogP contribution in [0.5, 0.6) is 0 Å². The number of benzene rings is 1. The number of aryl methyl sites for hydroxylation is 1. The fourth-order valence-corrected chi connectivity index (χ4v) is 2.10. The molecule has 0 aliphatic heterocycles. The molecule has 6 heteroatoms. The summed E-state index contributed by atoms with van der Waals surface area (Å²) in [4.78, 5) is 3.53. The van der Waals surface area contributed by atoms with Crippen molar-refractivity contribution in [2.45, 2.75) is 13.1 Å². The Hall–Kier alpha value is -3.07. The van der Waals surface area contributed by atoms with Gasteiger partial charge < -0.3 is 4.52 Å². The minimum absolute atomic E-state index is 0.0319. The van der Waals surface area contributed by atoms with Gasteiger partial charge in [-0.3, -0.25) is 0 Å². The second-order valence-corrected chi connectivity index (χ2v) is 4.98. The Labute approximate surface area is 136 Å². The average Bonchev–Trinajstić information content (AvgIpc) is 2.94. The first-order chi connectivity index (χ1) is 11.4. The van der Waals surface area contributed by atoms with E-state index < -0.39 is 11.9 Å². The molecule has 0 fully saturated rings. The minimum Gasteiger partial charge on any atom is -0.360 e. The maximum absolute atomic E-state index is 12.7. The van der Waals surface area contributed by atoms with Crippen LogP contribution in [0.3, 0.4) is 0 Å². The highest BCUT2D eigenvalue weighted by Crippen LogP contribution is 2.27. The summed E-state index contributed by atoms with van der Waals surface area (Å²) in [7, 11) is 0. The Morgan fingerprint density at radius 2 is 1.71 bits per heavy atom. The SMILES string of the molecule is Cc1onc(-c2ccccc2)c1C#Cc1cccc(C(F)(F)F)n1. The van der Waals surface area contributed by atoms with Crippen LogP contribution in [0.4, 0.5) is 13.2 Å². The van der Waals surface area contributed by atoms with Crippen molar-refractivity contribution >= 4 is 0 Å². The van der Waals surface area contributed by atoms with Gasteiger partial charge in [-0.05, 0) is 25.0 Å². The minimum atomic E-state index is -4.50. The van der Waals surface area contributed by atoms with E-state index in [4.69, 9.17) is 4.52 Å². The third-order valence-corrected chi connectivity index (χ3v) is 3.27.